The highest BCUT2D eigenvalue weighted by Gasteiger charge is 2.74. The van der Waals surface area contributed by atoms with E-state index in [0.717, 1.165) is 62.7 Å². The van der Waals surface area contributed by atoms with Gasteiger partial charge in [0.15, 0.2) is 11.7 Å². The molecule has 390 valence electrons. The number of aromatic nitrogens is 2. The van der Waals surface area contributed by atoms with Gasteiger partial charge in [0.05, 0.1) is 30.2 Å². The van der Waals surface area contributed by atoms with Crippen molar-refractivity contribution in [2.24, 2.45) is 91.4 Å². The number of carbonyl (C=O) groups excluding carboxylic acids is 1. The van der Waals surface area contributed by atoms with Crippen LogP contribution in [0.1, 0.15) is 148 Å². The summed E-state index contributed by atoms with van der Waals surface area (Å²) >= 11 is 0. The number of hydrogen-bond acceptors (Lipinski definition) is 9. The number of nitrogens with zero attached hydrogens (tertiary/aromatic N) is 3. The fourth-order valence-electron chi connectivity index (χ4n) is 19.9. The molecule has 1 aromatic heterocycles. The van der Waals surface area contributed by atoms with E-state index in [1.807, 2.05) is 40.2 Å². The number of aliphatic hydroxyl groups is 4. The van der Waals surface area contributed by atoms with E-state index >= 15 is 4.79 Å². The molecule has 1 saturated heterocycles. The zero-order chi connectivity index (χ0) is 50.1. The van der Waals surface area contributed by atoms with E-state index in [2.05, 4.69) is 73.8 Å². The molecular formula is C60H83N5O5S2. The SMILES string of the molecule is CC1(C)CC(n2ccnc2)CSSC(CCc2ccccc2)C2CC(C3CC4CCCC5=C4C(C1=C1CCCC4(CCCC4)C51)C3O)C1(C)CC(CN=C(N)N)C3C(=CC(=O)C4CC(O)C(O)CC43C)C21O. The Morgan fingerprint density at radius 2 is 1.67 bits per heavy atom. The van der Waals surface area contributed by atoms with Crippen molar-refractivity contribution in [2.45, 2.75) is 178 Å². The number of rotatable bonds is 6. The summed E-state index contributed by atoms with van der Waals surface area (Å²) in [6, 6.07) is 10.9. The maximum atomic E-state index is 15.0. The summed E-state index contributed by atoms with van der Waals surface area (Å²) < 4.78 is 2.35. The van der Waals surface area contributed by atoms with Gasteiger partial charge in [-0.25, -0.2) is 4.98 Å². The van der Waals surface area contributed by atoms with Gasteiger partial charge in [-0.05, 0) is 166 Å². The molecule has 2 heterocycles. The van der Waals surface area contributed by atoms with Crippen LogP contribution in [0, 0.1) is 74.9 Å². The number of aliphatic hydroxyl groups excluding tert-OH is 3. The molecule has 1 aromatic carbocycles. The molecule has 8 N–H and O–H groups in total. The number of fused-ring (bicyclic) bond motifs is 14. The van der Waals surface area contributed by atoms with Crippen molar-refractivity contribution in [1.29, 1.82) is 0 Å². The lowest BCUT2D eigenvalue weighted by atomic mass is 9.41. The fourth-order valence-corrected chi connectivity index (χ4v) is 23.2. The Balaban J connectivity index is 1.07. The summed E-state index contributed by atoms with van der Waals surface area (Å²) in [5, 5.41) is 51.8. The summed E-state index contributed by atoms with van der Waals surface area (Å²) in [7, 11) is 3.90. The number of benzene rings is 1. The lowest BCUT2D eigenvalue weighted by Crippen LogP contribution is -2.66. The van der Waals surface area contributed by atoms with Crippen LogP contribution in [0.2, 0.25) is 0 Å². The summed E-state index contributed by atoms with van der Waals surface area (Å²) in [5.74, 6) is 0.321. The number of aliphatic imine (C=N–C) groups is 1. The summed E-state index contributed by atoms with van der Waals surface area (Å²) in [6.07, 6.45) is 23.1. The quantitative estimate of drug-likeness (QED) is 0.0706. The van der Waals surface area contributed by atoms with Crippen molar-refractivity contribution in [3.05, 3.63) is 88.6 Å². The first kappa shape index (κ1) is 50.0. The number of nitrogens with two attached hydrogens (primary N) is 2. The van der Waals surface area contributed by atoms with Gasteiger partial charge in [0.2, 0.25) is 0 Å². The van der Waals surface area contributed by atoms with Gasteiger partial charge >= 0.3 is 0 Å². The number of imidazole rings is 1. The molecule has 12 heteroatoms. The van der Waals surface area contributed by atoms with E-state index in [1.165, 1.54) is 50.5 Å². The summed E-state index contributed by atoms with van der Waals surface area (Å²) in [5.41, 5.74) is 18.3. The topological polar surface area (TPSA) is 180 Å². The second-order valence-electron chi connectivity index (χ2n) is 26.4. The van der Waals surface area contributed by atoms with E-state index in [9.17, 15) is 20.4 Å². The molecule has 10 nitrogen and oxygen atoms in total. The molecule has 1 spiro atoms. The molecule has 1 aliphatic heterocycles. The molecule has 4 bridgehead atoms. The maximum absolute atomic E-state index is 15.0. The highest BCUT2D eigenvalue weighted by Crippen LogP contribution is 2.75. The van der Waals surface area contributed by atoms with Gasteiger partial charge in [0.25, 0.3) is 0 Å². The van der Waals surface area contributed by atoms with E-state index in [0.29, 0.717) is 30.2 Å². The van der Waals surface area contributed by atoms with Gasteiger partial charge in [-0.2, -0.15) is 0 Å². The van der Waals surface area contributed by atoms with Crippen LogP contribution in [0.5, 0.6) is 0 Å². The Morgan fingerprint density at radius 3 is 2.42 bits per heavy atom. The van der Waals surface area contributed by atoms with E-state index in [4.69, 9.17) is 16.5 Å². The normalized spacial score (nSPS) is 44.0. The molecule has 17 atom stereocenters. The molecular weight excluding hydrogens is 935 g/mol. The molecule has 9 aliphatic carbocycles. The summed E-state index contributed by atoms with van der Waals surface area (Å²) in [6.45, 7) is 9.87. The van der Waals surface area contributed by atoms with E-state index in [-0.39, 0.29) is 76.8 Å². The molecule has 0 amide bonds. The molecule has 17 unspecified atom stereocenters. The number of hydrogen-bond donors (Lipinski definition) is 6. The standard InChI is InChI=1S/C60H83N5O5S2/c1-56(2)29-37(65-23-22-63-33-65)32-71-72-48(18-17-34-12-6-5-7-13-34)43-25-41(40-24-35-14-10-15-38-49(35)50(54(40)69)53(56)39-16-11-21-59(52(38)39)19-8-9-20-59)58(4)28-36(31-64-55(61)62)51-44(60(43,58)70)27-45(66)42-26-46(67)47(68)30-57(42,51)3/h5-7,12-13,22-23,27,33,35-37,40-43,46-48,50-52,54,67-70H,8-11,14-21,24-26,28-32H2,1-4H3,(H4,61,62,64). The first-order chi connectivity index (χ1) is 34.5. The van der Waals surface area contributed by atoms with Gasteiger partial charge < -0.3 is 36.5 Å². The minimum absolute atomic E-state index is 0.00885. The third kappa shape index (κ3) is 7.63. The molecule has 10 aliphatic rings. The van der Waals surface area contributed by atoms with Gasteiger partial charge in [0.1, 0.15) is 0 Å². The van der Waals surface area contributed by atoms with Crippen LogP contribution < -0.4 is 11.5 Å². The zero-order valence-electron chi connectivity index (χ0n) is 43.4. The minimum atomic E-state index is -1.41. The van der Waals surface area contributed by atoms with Crippen molar-refractivity contribution >= 4 is 33.3 Å². The van der Waals surface area contributed by atoms with Crippen LogP contribution in [-0.2, 0) is 11.2 Å². The molecule has 6 saturated carbocycles. The van der Waals surface area contributed by atoms with Crippen LogP contribution >= 0.6 is 21.6 Å². The zero-order valence-corrected chi connectivity index (χ0v) is 45.1. The highest BCUT2D eigenvalue weighted by molar-refractivity contribution is 8.76. The molecule has 72 heavy (non-hydrogen) atoms. The van der Waals surface area contributed by atoms with Crippen molar-refractivity contribution in [1.82, 2.24) is 9.55 Å². The monoisotopic (exact) mass is 1020 g/mol. The van der Waals surface area contributed by atoms with Crippen LogP contribution in [0.4, 0.5) is 0 Å². The van der Waals surface area contributed by atoms with Crippen molar-refractivity contribution < 1.29 is 25.2 Å². The van der Waals surface area contributed by atoms with Gasteiger partial charge in [-0.3, -0.25) is 9.79 Å². The number of allylic oxidation sites excluding steroid dienone is 3. The van der Waals surface area contributed by atoms with E-state index in [1.54, 1.807) is 22.3 Å². The number of ketones is 1. The Bertz CT molecular complexity index is 2530. The average molecular weight is 1020 g/mol. The summed E-state index contributed by atoms with van der Waals surface area (Å²) in [4.78, 5) is 24.4. The van der Waals surface area contributed by atoms with Gasteiger partial charge in [0, 0.05) is 65.1 Å². The predicted octanol–water partition coefficient (Wildman–Crippen LogP) is 9.93. The van der Waals surface area contributed by atoms with Crippen molar-refractivity contribution in [3.63, 3.8) is 0 Å². The average Bonchev–Trinajstić information content (AvgIpc) is 4.11. The Morgan fingerprint density at radius 1 is 0.903 bits per heavy atom. The highest BCUT2D eigenvalue weighted by atomic mass is 33.1. The Labute approximate surface area is 436 Å². The maximum Gasteiger partial charge on any atom is 0.185 e. The van der Waals surface area contributed by atoms with Crippen LogP contribution in [0.15, 0.2) is 88.0 Å². The second kappa shape index (κ2) is 18.4. The number of carbonyl (C=O) groups is 1. The van der Waals surface area contributed by atoms with E-state index < -0.39 is 40.7 Å². The van der Waals surface area contributed by atoms with Gasteiger partial charge in [-0.1, -0.05) is 115 Å². The molecule has 0 radical (unpaired) electrons. The first-order valence-corrected chi connectivity index (χ1v) is 30.7. The Hall–Kier alpha value is -2.87. The van der Waals surface area contributed by atoms with Crippen LogP contribution in [0.25, 0.3) is 0 Å². The predicted molar refractivity (Wildman–Crippen MR) is 288 cm³/mol. The second-order valence-corrected chi connectivity index (χ2v) is 29.1. The Kier molecular flexibility index (Phi) is 12.8. The lowest BCUT2D eigenvalue weighted by molar-refractivity contribution is -0.172. The fraction of sp³-hybridized carbons (Fsp3) is 0.717. The largest absolute Gasteiger partial charge is 0.392 e. The lowest BCUT2D eigenvalue weighted by Gasteiger charge is -2.64. The van der Waals surface area contributed by atoms with Crippen LogP contribution in [-0.4, -0.2) is 83.2 Å². The number of aryl methyl sites for hydroxylation is 1. The first-order valence-electron chi connectivity index (χ1n) is 28.3. The minimum Gasteiger partial charge on any atom is -0.392 e. The third-order valence-electron chi connectivity index (χ3n) is 22.5. The molecule has 12 rings (SSSR count). The van der Waals surface area contributed by atoms with Crippen molar-refractivity contribution in [2.75, 3.05) is 12.3 Å². The molecule has 2 aromatic rings. The van der Waals surface area contributed by atoms with Crippen molar-refractivity contribution in [3.8, 4) is 0 Å². The van der Waals surface area contributed by atoms with Crippen LogP contribution in [0.3, 0.4) is 0 Å². The third-order valence-corrected chi connectivity index (χ3v) is 25.5. The smallest absolute Gasteiger partial charge is 0.185 e. The van der Waals surface area contributed by atoms with Gasteiger partial charge in [-0.15, -0.1) is 0 Å². The number of guanidine groups is 1. The molecule has 7 fully saturated rings.